The molecule has 3 rings (SSSR count). The summed E-state index contributed by atoms with van der Waals surface area (Å²) in [5.41, 5.74) is 3.43. The van der Waals surface area contributed by atoms with Gasteiger partial charge in [-0.2, -0.15) is 0 Å². The zero-order valence-corrected chi connectivity index (χ0v) is 17.5. The maximum absolute atomic E-state index is 13.3. The molecule has 0 unspecified atom stereocenters. The van der Waals surface area contributed by atoms with Crippen molar-refractivity contribution in [1.82, 2.24) is 8.97 Å². The van der Waals surface area contributed by atoms with Crippen LogP contribution in [0.3, 0.4) is 0 Å². The summed E-state index contributed by atoms with van der Waals surface area (Å²) in [5, 5.41) is 0.124. The zero-order chi connectivity index (χ0) is 19.1. The summed E-state index contributed by atoms with van der Waals surface area (Å²) >= 11 is 0. The number of hydrogen-bond acceptors (Lipinski definition) is 2. The predicted octanol–water partition coefficient (Wildman–Crippen LogP) is 4.92. The van der Waals surface area contributed by atoms with E-state index in [9.17, 15) is 4.79 Å². The van der Waals surface area contributed by atoms with Crippen LogP contribution in [-0.2, 0) is 11.0 Å². The van der Waals surface area contributed by atoms with Crippen molar-refractivity contribution in [2.45, 2.75) is 52.4 Å². The van der Waals surface area contributed by atoms with Gasteiger partial charge in [0.05, 0.1) is 12.3 Å². The molecule has 4 nitrogen and oxygen atoms in total. The number of aryl methyl sites for hydroxylation is 1. The first kappa shape index (κ1) is 18.7. The second kappa shape index (κ2) is 6.56. The molecule has 3 aromatic rings. The lowest BCUT2D eigenvalue weighted by molar-refractivity contribution is 0.268. The van der Waals surface area contributed by atoms with E-state index in [0.29, 0.717) is 12.1 Å². The molecule has 0 atom stereocenters. The highest BCUT2D eigenvalue weighted by Gasteiger charge is 2.37. The number of fused-ring (bicyclic) bond motifs is 1. The van der Waals surface area contributed by atoms with Crippen molar-refractivity contribution >= 4 is 13.8 Å². The molecular weight excluding hydrogens is 340 g/mol. The minimum atomic E-state index is -1.92. The Labute approximate surface area is 156 Å². The van der Waals surface area contributed by atoms with Crippen LogP contribution in [-0.4, -0.2) is 17.3 Å². The second-order valence-corrected chi connectivity index (χ2v) is 13.2. The Kier molecular flexibility index (Phi) is 4.71. The van der Waals surface area contributed by atoms with Crippen molar-refractivity contribution in [3.63, 3.8) is 0 Å². The number of aromatic nitrogens is 2. The molecule has 0 aliphatic rings. The summed E-state index contributed by atoms with van der Waals surface area (Å²) in [6, 6.07) is 11.8. The van der Waals surface area contributed by atoms with Gasteiger partial charge in [-0.3, -0.25) is 9.36 Å². The van der Waals surface area contributed by atoms with Crippen molar-refractivity contribution in [2.75, 3.05) is 0 Å². The Hall–Kier alpha value is -2.11. The van der Waals surface area contributed by atoms with E-state index in [4.69, 9.17) is 4.43 Å². The van der Waals surface area contributed by atoms with Gasteiger partial charge in [-0.15, -0.1) is 0 Å². The van der Waals surface area contributed by atoms with Crippen LogP contribution in [0.5, 0.6) is 0 Å². The summed E-state index contributed by atoms with van der Waals surface area (Å²) in [6.07, 6.45) is 3.96. The van der Waals surface area contributed by atoms with Gasteiger partial charge in [0.1, 0.15) is 5.52 Å². The molecule has 26 heavy (non-hydrogen) atoms. The van der Waals surface area contributed by atoms with Crippen LogP contribution >= 0.6 is 0 Å². The Morgan fingerprint density at radius 2 is 1.73 bits per heavy atom. The van der Waals surface area contributed by atoms with Crippen molar-refractivity contribution in [2.24, 2.45) is 0 Å². The van der Waals surface area contributed by atoms with Crippen LogP contribution < -0.4 is 5.56 Å². The molecule has 2 aromatic heterocycles. The number of rotatable bonds is 4. The highest BCUT2D eigenvalue weighted by atomic mass is 28.4. The zero-order valence-electron chi connectivity index (χ0n) is 16.5. The molecule has 0 aliphatic heterocycles. The van der Waals surface area contributed by atoms with Gasteiger partial charge in [-0.25, -0.2) is 0 Å². The lowest BCUT2D eigenvalue weighted by Gasteiger charge is -2.36. The van der Waals surface area contributed by atoms with Gasteiger partial charge in [-0.05, 0) is 48.8 Å². The monoisotopic (exact) mass is 368 g/mol. The molecule has 0 N–H and O–H groups in total. The predicted molar refractivity (Wildman–Crippen MR) is 110 cm³/mol. The molecule has 1 aromatic carbocycles. The normalized spacial score (nSPS) is 12.7. The smallest absolute Gasteiger partial charge is 0.279 e. The third-order valence-electron chi connectivity index (χ3n) is 5.50. The minimum Gasteiger partial charge on any atom is -0.411 e. The summed E-state index contributed by atoms with van der Waals surface area (Å²) in [6.45, 7) is 13.5. The second-order valence-electron chi connectivity index (χ2n) is 8.40. The molecule has 5 heteroatoms. The first-order valence-corrected chi connectivity index (χ1v) is 11.9. The van der Waals surface area contributed by atoms with Gasteiger partial charge >= 0.3 is 0 Å². The van der Waals surface area contributed by atoms with E-state index < -0.39 is 8.32 Å². The lowest BCUT2D eigenvalue weighted by Crippen LogP contribution is -2.41. The first-order chi connectivity index (χ1) is 12.1. The van der Waals surface area contributed by atoms with E-state index in [1.807, 2.05) is 60.1 Å². The molecule has 0 amide bonds. The van der Waals surface area contributed by atoms with Gasteiger partial charge in [0.25, 0.3) is 5.56 Å². The summed E-state index contributed by atoms with van der Waals surface area (Å²) in [7, 11) is -1.92. The fourth-order valence-corrected chi connectivity index (χ4v) is 3.77. The van der Waals surface area contributed by atoms with E-state index >= 15 is 0 Å². The fraction of sp³-hybridized carbons (Fsp3) is 0.381. The number of benzene rings is 1. The molecule has 138 valence electrons. The Morgan fingerprint density at radius 3 is 2.35 bits per heavy atom. The van der Waals surface area contributed by atoms with Crippen LogP contribution in [0.1, 0.15) is 32.0 Å². The van der Waals surface area contributed by atoms with Crippen LogP contribution in [0.25, 0.3) is 11.2 Å². The molecule has 0 saturated carbocycles. The van der Waals surface area contributed by atoms with Gasteiger partial charge in [0.15, 0.2) is 8.32 Å². The first-order valence-electron chi connectivity index (χ1n) is 9.03. The SMILES string of the molecule is Cc1ccn2cc(CO[Si](C)(C)C(C)(C)C)n(-c3ccccc3)c(=O)c12. The molecule has 0 aliphatic carbocycles. The van der Waals surface area contributed by atoms with E-state index in [1.54, 1.807) is 4.57 Å². The highest BCUT2D eigenvalue weighted by Crippen LogP contribution is 2.37. The summed E-state index contributed by atoms with van der Waals surface area (Å²) in [5.74, 6) is 0. The standard InChI is InChI=1S/C21H28N2O2Si/c1-16-12-13-22-14-18(15-25-26(5,6)21(2,3)4)23(20(24)19(16)22)17-10-8-7-9-11-17/h7-14H,15H2,1-6H3. The van der Waals surface area contributed by atoms with Crippen molar-refractivity contribution < 1.29 is 4.43 Å². The highest BCUT2D eigenvalue weighted by molar-refractivity contribution is 6.74. The van der Waals surface area contributed by atoms with Gasteiger partial charge in [-0.1, -0.05) is 39.0 Å². The molecule has 0 radical (unpaired) electrons. The van der Waals surface area contributed by atoms with Crippen molar-refractivity contribution in [3.05, 3.63) is 70.4 Å². The van der Waals surface area contributed by atoms with Crippen LogP contribution in [0.15, 0.2) is 53.6 Å². The minimum absolute atomic E-state index is 0.00460. The Bertz CT molecular complexity index is 979. The van der Waals surface area contributed by atoms with Crippen LogP contribution in [0, 0.1) is 6.92 Å². The maximum Gasteiger partial charge on any atom is 0.279 e. The third-order valence-corrected chi connectivity index (χ3v) is 9.98. The molecule has 0 bridgehead atoms. The number of nitrogens with zero attached hydrogens (tertiary/aromatic N) is 2. The van der Waals surface area contributed by atoms with Crippen molar-refractivity contribution in [1.29, 1.82) is 0 Å². The average molecular weight is 369 g/mol. The quantitative estimate of drug-likeness (QED) is 0.613. The number of hydrogen-bond donors (Lipinski definition) is 0. The topological polar surface area (TPSA) is 35.6 Å². The van der Waals surface area contributed by atoms with Crippen LogP contribution in [0.4, 0.5) is 0 Å². The maximum atomic E-state index is 13.3. The average Bonchev–Trinajstić information content (AvgIpc) is 2.94. The lowest BCUT2D eigenvalue weighted by atomic mass is 10.2. The van der Waals surface area contributed by atoms with E-state index in [0.717, 1.165) is 16.9 Å². The molecule has 2 heterocycles. The van der Waals surface area contributed by atoms with E-state index in [1.165, 1.54) is 0 Å². The summed E-state index contributed by atoms with van der Waals surface area (Å²) in [4.78, 5) is 13.3. The Balaban J connectivity index is 2.14. The number of para-hydroxylation sites is 1. The van der Waals surface area contributed by atoms with Gasteiger partial charge in [0, 0.05) is 18.1 Å². The van der Waals surface area contributed by atoms with Gasteiger partial charge < -0.3 is 8.83 Å². The third kappa shape index (κ3) is 3.29. The summed E-state index contributed by atoms with van der Waals surface area (Å²) < 4.78 is 10.1. The molecule has 0 fully saturated rings. The Morgan fingerprint density at radius 1 is 1.08 bits per heavy atom. The molecule has 0 saturated heterocycles. The van der Waals surface area contributed by atoms with Gasteiger partial charge in [0.2, 0.25) is 0 Å². The van der Waals surface area contributed by atoms with E-state index in [-0.39, 0.29) is 10.6 Å². The fourth-order valence-electron chi connectivity index (χ4n) is 2.82. The van der Waals surface area contributed by atoms with Crippen molar-refractivity contribution in [3.8, 4) is 5.69 Å². The largest absolute Gasteiger partial charge is 0.411 e. The van der Waals surface area contributed by atoms with Crippen LogP contribution in [0.2, 0.25) is 18.1 Å². The molecule has 0 spiro atoms. The molecular formula is C21H28N2O2Si. The van der Waals surface area contributed by atoms with E-state index in [2.05, 4.69) is 33.9 Å².